The summed E-state index contributed by atoms with van der Waals surface area (Å²) < 4.78 is 18.5. The van der Waals surface area contributed by atoms with Gasteiger partial charge in [-0.05, 0) is 30.3 Å². The van der Waals surface area contributed by atoms with Crippen molar-refractivity contribution in [3.8, 4) is 5.75 Å². The van der Waals surface area contributed by atoms with E-state index >= 15 is 0 Å². The van der Waals surface area contributed by atoms with Gasteiger partial charge in [0.05, 0.1) is 16.1 Å². The molecule has 0 fully saturated rings. The first kappa shape index (κ1) is 14.9. The fourth-order valence-corrected chi connectivity index (χ4v) is 1.93. The quantitative estimate of drug-likeness (QED) is 0.479. The van der Waals surface area contributed by atoms with Gasteiger partial charge < -0.3 is 4.74 Å². The molecule has 21 heavy (non-hydrogen) atoms. The van der Waals surface area contributed by atoms with Crippen LogP contribution in [0, 0.1) is 15.9 Å². The van der Waals surface area contributed by atoms with Crippen molar-refractivity contribution in [2.45, 2.75) is 6.61 Å². The predicted octanol–water partition coefficient (Wildman–Crippen LogP) is 3.78. The van der Waals surface area contributed by atoms with Crippen LogP contribution >= 0.6 is 11.6 Å². The van der Waals surface area contributed by atoms with Crippen LogP contribution in [0.4, 0.5) is 10.1 Å². The molecular formula is C14H9ClFNO4. The van der Waals surface area contributed by atoms with Gasteiger partial charge in [0, 0.05) is 11.1 Å². The van der Waals surface area contributed by atoms with E-state index in [4.69, 9.17) is 16.3 Å². The van der Waals surface area contributed by atoms with E-state index < -0.39 is 10.7 Å². The molecule has 7 heteroatoms. The summed E-state index contributed by atoms with van der Waals surface area (Å²) in [5.74, 6) is -0.390. The van der Waals surface area contributed by atoms with Crippen LogP contribution in [0.25, 0.3) is 0 Å². The Balaban J connectivity index is 2.26. The van der Waals surface area contributed by atoms with Crippen LogP contribution in [0.1, 0.15) is 15.9 Å². The first-order valence-electron chi connectivity index (χ1n) is 5.81. The molecule has 0 radical (unpaired) electrons. The number of nitro benzene ring substituents is 1. The number of ether oxygens (including phenoxy) is 1. The Bertz CT molecular complexity index is 705. The Hall–Kier alpha value is -2.47. The molecule has 0 saturated carbocycles. The van der Waals surface area contributed by atoms with Crippen LogP contribution in [0.15, 0.2) is 36.4 Å². The predicted molar refractivity (Wildman–Crippen MR) is 74.2 cm³/mol. The number of halogens is 2. The van der Waals surface area contributed by atoms with Crippen LogP contribution in [0.5, 0.6) is 5.75 Å². The third-order valence-corrected chi connectivity index (χ3v) is 2.96. The fraction of sp³-hybridized carbons (Fsp3) is 0.0714. The molecule has 108 valence electrons. The lowest BCUT2D eigenvalue weighted by molar-refractivity contribution is -0.385. The monoisotopic (exact) mass is 309 g/mol. The molecule has 2 rings (SSSR count). The van der Waals surface area contributed by atoms with E-state index in [0.717, 1.165) is 18.2 Å². The number of nitrogens with zero attached hydrogens (tertiary/aromatic N) is 1. The highest BCUT2D eigenvalue weighted by molar-refractivity contribution is 6.30. The average molecular weight is 310 g/mol. The first-order chi connectivity index (χ1) is 10.0. The second kappa shape index (κ2) is 6.32. The van der Waals surface area contributed by atoms with Crippen LogP contribution in [-0.4, -0.2) is 11.2 Å². The van der Waals surface area contributed by atoms with Crippen molar-refractivity contribution >= 4 is 23.6 Å². The van der Waals surface area contributed by atoms with Gasteiger partial charge in [0.1, 0.15) is 18.2 Å². The third-order valence-electron chi connectivity index (χ3n) is 2.72. The number of hydrogen-bond donors (Lipinski definition) is 0. The maximum atomic E-state index is 13.2. The second-order valence-corrected chi connectivity index (χ2v) is 4.56. The maximum Gasteiger partial charge on any atom is 0.276 e. The summed E-state index contributed by atoms with van der Waals surface area (Å²) in [4.78, 5) is 21.2. The zero-order chi connectivity index (χ0) is 15.4. The summed E-state index contributed by atoms with van der Waals surface area (Å²) in [5, 5.41) is 11.2. The van der Waals surface area contributed by atoms with Gasteiger partial charge in [0.25, 0.3) is 5.69 Å². The molecule has 0 heterocycles. The summed E-state index contributed by atoms with van der Waals surface area (Å²) in [6.07, 6.45) is 0.557. The maximum absolute atomic E-state index is 13.2. The van der Waals surface area contributed by atoms with Crippen molar-refractivity contribution in [3.63, 3.8) is 0 Å². The highest BCUT2D eigenvalue weighted by atomic mass is 35.5. The lowest BCUT2D eigenvalue weighted by Gasteiger charge is -2.09. The van der Waals surface area contributed by atoms with Gasteiger partial charge in [-0.25, -0.2) is 4.39 Å². The molecule has 0 spiro atoms. The van der Waals surface area contributed by atoms with Gasteiger partial charge in [-0.1, -0.05) is 11.6 Å². The number of aldehydes is 1. The second-order valence-electron chi connectivity index (χ2n) is 4.12. The zero-order valence-electron chi connectivity index (χ0n) is 10.6. The van der Waals surface area contributed by atoms with Crippen LogP contribution in [0.3, 0.4) is 0 Å². The molecule has 0 N–H and O–H groups in total. The standard InChI is InChI=1S/C14H9ClFNO4/c15-11-1-4-14(9(5-11)7-18)21-8-10-6-12(16)2-3-13(10)17(19)20/h1-7H,8H2. The molecule has 0 bridgehead atoms. The Morgan fingerprint density at radius 3 is 2.71 bits per heavy atom. The van der Waals surface area contributed by atoms with Crippen molar-refractivity contribution in [3.05, 3.63) is 68.5 Å². The van der Waals surface area contributed by atoms with Gasteiger partial charge in [-0.15, -0.1) is 0 Å². The minimum atomic E-state index is -0.624. The fourth-order valence-electron chi connectivity index (χ4n) is 1.75. The topological polar surface area (TPSA) is 69.4 Å². The number of carbonyl (C=O) groups excluding carboxylic acids is 1. The van der Waals surface area contributed by atoms with Crippen LogP contribution in [-0.2, 0) is 6.61 Å². The van der Waals surface area contributed by atoms with Gasteiger partial charge >= 0.3 is 0 Å². The van der Waals surface area contributed by atoms with Crippen LogP contribution in [0.2, 0.25) is 5.02 Å². The number of rotatable bonds is 5. The van der Waals surface area contributed by atoms with Gasteiger partial charge in [-0.3, -0.25) is 14.9 Å². The minimum absolute atomic E-state index is 0.0757. The Kier molecular flexibility index (Phi) is 4.49. The largest absolute Gasteiger partial charge is 0.488 e. The van der Waals surface area contributed by atoms with Crippen molar-refractivity contribution in [2.24, 2.45) is 0 Å². The van der Waals surface area contributed by atoms with Gasteiger partial charge in [0.15, 0.2) is 6.29 Å². The summed E-state index contributed by atoms with van der Waals surface area (Å²) >= 11 is 5.75. The summed E-state index contributed by atoms with van der Waals surface area (Å²) in [6.45, 7) is -0.240. The molecule has 0 atom stereocenters. The molecule has 0 unspecified atom stereocenters. The van der Waals surface area contributed by atoms with Crippen molar-refractivity contribution in [1.29, 1.82) is 0 Å². The molecule has 0 aliphatic rings. The van der Waals surface area contributed by atoms with Gasteiger partial charge in [-0.2, -0.15) is 0 Å². The Morgan fingerprint density at radius 2 is 2.05 bits per heavy atom. The Labute approximate surface area is 124 Å². The first-order valence-corrected chi connectivity index (χ1v) is 6.19. The molecule has 0 aliphatic carbocycles. The van der Waals surface area contributed by atoms with Crippen molar-refractivity contribution in [2.75, 3.05) is 0 Å². The number of benzene rings is 2. The lowest BCUT2D eigenvalue weighted by Crippen LogP contribution is -2.02. The van der Waals surface area contributed by atoms with E-state index in [-0.39, 0.29) is 29.2 Å². The SMILES string of the molecule is O=Cc1cc(Cl)ccc1OCc1cc(F)ccc1[N+](=O)[O-]. The van der Waals surface area contributed by atoms with E-state index in [0.29, 0.717) is 11.3 Å². The smallest absolute Gasteiger partial charge is 0.276 e. The molecular weight excluding hydrogens is 301 g/mol. The Morgan fingerprint density at radius 1 is 1.29 bits per heavy atom. The third kappa shape index (κ3) is 3.55. The normalized spacial score (nSPS) is 10.2. The summed E-state index contributed by atoms with van der Waals surface area (Å²) in [6, 6.07) is 7.48. The van der Waals surface area contributed by atoms with Crippen molar-refractivity contribution in [1.82, 2.24) is 0 Å². The van der Waals surface area contributed by atoms with Gasteiger partial charge in [0.2, 0.25) is 0 Å². The van der Waals surface area contributed by atoms with Crippen LogP contribution < -0.4 is 4.74 Å². The minimum Gasteiger partial charge on any atom is -0.488 e. The molecule has 0 amide bonds. The molecule has 2 aromatic carbocycles. The van der Waals surface area contributed by atoms with E-state index in [1.807, 2.05) is 0 Å². The summed E-state index contributed by atoms with van der Waals surface area (Å²) in [5.41, 5.74) is 0.0337. The van der Waals surface area contributed by atoms with Crippen molar-refractivity contribution < 1.29 is 18.8 Å². The number of carbonyl (C=O) groups is 1. The average Bonchev–Trinajstić information content (AvgIpc) is 2.45. The molecule has 2 aromatic rings. The highest BCUT2D eigenvalue weighted by Crippen LogP contribution is 2.25. The lowest BCUT2D eigenvalue weighted by atomic mass is 10.2. The number of nitro groups is 1. The van der Waals surface area contributed by atoms with E-state index in [2.05, 4.69) is 0 Å². The molecule has 0 aromatic heterocycles. The summed E-state index contributed by atoms with van der Waals surface area (Å²) in [7, 11) is 0. The zero-order valence-corrected chi connectivity index (χ0v) is 11.3. The molecule has 0 aliphatic heterocycles. The van der Waals surface area contributed by atoms with E-state index in [9.17, 15) is 19.3 Å². The number of hydrogen-bond acceptors (Lipinski definition) is 4. The van der Waals surface area contributed by atoms with E-state index in [1.54, 1.807) is 0 Å². The highest BCUT2D eigenvalue weighted by Gasteiger charge is 2.15. The molecule has 0 saturated heterocycles. The molecule has 5 nitrogen and oxygen atoms in total. The van der Waals surface area contributed by atoms with E-state index in [1.165, 1.54) is 18.2 Å².